The number of fused-ring (bicyclic) bond motifs is 1. The van der Waals surface area contributed by atoms with Crippen LogP contribution in [0.2, 0.25) is 0 Å². The number of piperidine rings is 1. The molecule has 4 nitrogen and oxygen atoms in total. The molecule has 1 N–H and O–H groups in total. The molecule has 0 spiro atoms. The van der Waals surface area contributed by atoms with Crippen LogP contribution in [0.25, 0.3) is 10.8 Å². The van der Waals surface area contributed by atoms with Crippen LogP contribution >= 0.6 is 0 Å². The first-order chi connectivity index (χ1) is 12.8. The van der Waals surface area contributed by atoms with Gasteiger partial charge in [-0.15, -0.1) is 0 Å². The van der Waals surface area contributed by atoms with Gasteiger partial charge in [-0.1, -0.05) is 55.0 Å². The number of aliphatic carboxylic acids is 1. The normalized spacial score (nSPS) is 19.3. The van der Waals surface area contributed by atoms with Crippen molar-refractivity contribution in [3.8, 4) is 0 Å². The van der Waals surface area contributed by atoms with Crippen LogP contribution in [0.15, 0.2) is 66.9 Å². The molecule has 0 saturated carbocycles. The maximum absolute atomic E-state index is 11.9. The van der Waals surface area contributed by atoms with Crippen LogP contribution in [0.3, 0.4) is 0 Å². The van der Waals surface area contributed by atoms with Crippen molar-refractivity contribution in [2.45, 2.75) is 31.3 Å². The average molecular weight is 346 g/mol. The van der Waals surface area contributed by atoms with Gasteiger partial charge in [0.2, 0.25) is 0 Å². The fourth-order valence-electron chi connectivity index (χ4n) is 4.06. The number of aromatic nitrogens is 1. The number of carboxylic acid groups (broad SMARTS) is 1. The Morgan fingerprint density at radius 2 is 1.85 bits per heavy atom. The van der Waals surface area contributed by atoms with Crippen molar-refractivity contribution in [1.82, 2.24) is 9.88 Å². The second-order valence-corrected chi connectivity index (χ2v) is 6.81. The molecule has 1 aliphatic heterocycles. The molecular weight excluding hydrogens is 324 g/mol. The molecule has 132 valence electrons. The standard InChI is InChI=1S/C22H22N2O2/c25-22(26)20-13-4-6-15-24(20)21(19-12-3-5-14-23-19)18-11-7-9-16-8-1-2-10-17(16)18/h1-3,5,7-12,14,20-21H,4,6,13,15H2,(H,25,26). The molecule has 4 heteroatoms. The minimum atomic E-state index is -0.745. The molecule has 2 atom stereocenters. The first-order valence-corrected chi connectivity index (χ1v) is 9.13. The lowest BCUT2D eigenvalue weighted by molar-refractivity contribution is -0.145. The highest BCUT2D eigenvalue weighted by atomic mass is 16.4. The SMILES string of the molecule is O=C(O)C1CCCCN1C(c1ccccn1)c1cccc2ccccc12. The Labute approximate surface area is 153 Å². The molecule has 0 aliphatic carbocycles. The minimum Gasteiger partial charge on any atom is -0.480 e. The van der Waals surface area contributed by atoms with Crippen LogP contribution in [0.1, 0.15) is 36.6 Å². The first kappa shape index (κ1) is 16.7. The number of carbonyl (C=O) groups is 1. The van der Waals surface area contributed by atoms with Gasteiger partial charge in [-0.05, 0) is 47.9 Å². The van der Waals surface area contributed by atoms with E-state index in [9.17, 15) is 9.90 Å². The molecule has 2 aromatic carbocycles. The Kier molecular flexibility index (Phi) is 4.67. The second kappa shape index (κ2) is 7.26. The monoisotopic (exact) mass is 346 g/mol. The van der Waals surface area contributed by atoms with E-state index in [4.69, 9.17) is 0 Å². The molecule has 2 heterocycles. The molecule has 26 heavy (non-hydrogen) atoms. The van der Waals surface area contributed by atoms with Gasteiger partial charge in [0.1, 0.15) is 6.04 Å². The summed E-state index contributed by atoms with van der Waals surface area (Å²) in [6, 6.07) is 19.8. The summed E-state index contributed by atoms with van der Waals surface area (Å²) in [5.41, 5.74) is 2.02. The van der Waals surface area contributed by atoms with Crippen LogP contribution in [0.5, 0.6) is 0 Å². The van der Waals surface area contributed by atoms with Gasteiger partial charge in [-0.2, -0.15) is 0 Å². The van der Waals surface area contributed by atoms with Crippen molar-refractivity contribution in [3.05, 3.63) is 78.1 Å². The zero-order chi connectivity index (χ0) is 17.9. The summed E-state index contributed by atoms with van der Waals surface area (Å²) in [5, 5.41) is 12.1. The van der Waals surface area contributed by atoms with Gasteiger partial charge < -0.3 is 5.11 Å². The van der Waals surface area contributed by atoms with Crippen molar-refractivity contribution < 1.29 is 9.90 Å². The fourth-order valence-corrected chi connectivity index (χ4v) is 4.06. The van der Waals surface area contributed by atoms with Gasteiger partial charge in [-0.3, -0.25) is 14.7 Å². The van der Waals surface area contributed by atoms with Gasteiger partial charge in [0.15, 0.2) is 0 Å². The summed E-state index contributed by atoms with van der Waals surface area (Å²) in [7, 11) is 0. The molecule has 2 unspecified atom stereocenters. The number of carboxylic acids is 1. The fraction of sp³-hybridized carbons (Fsp3) is 0.273. The van der Waals surface area contributed by atoms with E-state index in [0.717, 1.165) is 41.4 Å². The Bertz CT molecular complexity index is 905. The lowest BCUT2D eigenvalue weighted by Crippen LogP contribution is -2.47. The summed E-state index contributed by atoms with van der Waals surface area (Å²) < 4.78 is 0. The average Bonchev–Trinajstić information content (AvgIpc) is 2.69. The zero-order valence-corrected chi connectivity index (χ0v) is 14.6. The highest BCUT2D eigenvalue weighted by Crippen LogP contribution is 2.36. The highest BCUT2D eigenvalue weighted by Gasteiger charge is 2.36. The number of pyridine rings is 1. The van der Waals surface area contributed by atoms with Gasteiger partial charge in [0.05, 0.1) is 11.7 Å². The van der Waals surface area contributed by atoms with Gasteiger partial charge in [-0.25, -0.2) is 0 Å². The molecule has 0 amide bonds. The zero-order valence-electron chi connectivity index (χ0n) is 14.6. The van der Waals surface area contributed by atoms with E-state index in [1.165, 1.54) is 0 Å². The number of hydrogen-bond donors (Lipinski definition) is 1. The molecule has 1 aliphatic rings. The number of hydrogen-bond acceptors (Lipinski definition) is 3. The van der Waals surface area contributed by atoms with E-state index in [1.54, 1.807) is 6.20 Å². The number of rotatable bonds is 4. The molecule has 4 rings (SSSR count). The second-order valence-electron chi connectivity index (χ2n) is 6.81. The van der Waals surface area contributed by atoms with Crippen molar-refractivity contribution in [1.29, 1.82) is 0 Å². The van der Waals surface area contributed by atoms with E-state index >= 15 is 0 Å². The molecule has 3 aromatic rings. The summed E-state index contributed by atoms with van der Waals surface area (Å²) in [6.07, 6.45) is 4.44. The summed E-state index contributed by atoms with van der Waals surface area (Å²) in [6.45, 7) is 0.765. The Hall–Kier alpha value is -2.72. The summed E-state index contributed by atoms with van der Waals surface area (Å²) in [4.78, 5) is 18.7. The van der Waals surface area contributed by atoms with E-state index in [-0.39, 0.29) is 6.04 Å². The van der Waals surface area contributed by atoms with Crippen LogP contribution in [-0.2, 0) is 4.79 Å². The molecule has 1 fully saturated rings. The summed E-state index contributed by atoms with van der Waals surface area (Å²) in [5.74, 6) is -0.745. The predicted octanol–water partition coefficient (Wildman–Crippen LogP) is 4.26. The smallest absolute Gasteiger partial charge is 0.320 e. The molecular formula is C22H22N2O2. The minimum absolute atomic E-state index is 0.163. The Balaban J connectivity index is 1.90. The van der Waals surface area contributed by atoms with Gasteiger partial charge in [0.25, 0.3) is 0 Å². The van der Waals surface area contributed by atoms with Crippen LogP contribution in [0.4, 0.5) is 0 Å². The van der Waals surface area contributed by atoms with Crippen LogP contribution in [-0.4, -0.2) is 33.5 Å². The predicted molar refractivity (Wildman–Crippen MR) is 102 cm³/mol. The summed E-state index contributed by atoms with van der Waals surface area (Å²) >= 11 is 0. The molecule has 1 saturated heterocycles. The Morgan fingerprint density at radius 3 is 2.65 bits per heavy atom. The van der Waals surface area contributed by atoms with Gasteiger partial charge >= 0.3 is 5.97 Å². The van der Waals surface area contributed by atoms with Crippen LogP contribution < -0.4 is 0 Å². The van der Waals surface area contributed by atoms with E-state index in [0.29, 0.717) is 6.42 Å². The third-order valence-electron chi connectivity index (χ3n) is 5.25. The lowest BCUT2D eigenvalue weighted by atomic mass is 9.91. The lowest BCUT2D eigenvalue weighted by Gasteiger charge is -2.39. The third-order valence-corrected chi connectivity index (χ3v) is 5.25. The van der Waals surface area contributed by atoms with Crippen molar-refractivity contribution >= 4 is 16.7 Å². The van der Waals surface area contributed by atoms with Crippen molar-refractivity contribution in [2.75, 3.05) is 6.54 Å². The van der Waals surface area contributed by atoms with Gasteiger partial charge in [0, 0.05) is 6.20 Å². The topological polar surface area (TPSA) is 53.4 Å². The Morgan fingerprint density at radius 1 is 1.04 bits per heavy atom. The number of likely N-dealkylation sites (tertiary alicyclic amines) is 1. The maximum atomic E-state index is 11.9. The van der Waals surface area contributed by atoms with Crippen molar-refractivity contribution in [3.63, 3.8) is 0 Å². The van der Waals surface area contributed by atoms with Crippen LogP contribution in [0, 0.1) is 0 Å². The maximum Gasteiger partial charge on any atom is 0.320 e. The quantitative estimate of drug-likeness (QED) is 0.767. The van der Waals surface area contributed by atoms with E-state index < -0.39 is 12.0 Å². The van der Waals surface area contributed by atoms with Crippen molar-refractivity contribution in [2.24, 2.45) is 0 Å². The number of nitrogens with zero attached hydrogens (tertiary/aromatic N) is 2. The molecule has 0 bridgehead atoms. The van der Waals surface area contributed by atoms with E-state index in [1.807, 2.05) is 36.4 Å². The first-order valence-electron chi connectivity index (χ1n) is 9.13. The van der Waals surface area contributed by atoms with E-state index in [2.05, 4.69) is 34.1 Å². The third kappa shape index (κ3) is 3.08. The largest absolute Gasteiger partial charge is 0.480 e. The highest BCUT2D eigenvalue weighted by molar-refractivity contribution is 5.86. The molecule has 1 aromatic heterocycles. The number of benzene rings is 2. The molecule has 0 radical (unpaired) electrons.